The number of aromatic nitrogens is 2. The zero-order valence-corrected chi connectivity index (χ0v) is 15.4. The number of anilines is 1. The minimum Gasteiger partial charge on any atom is -0.384 e. The number of benzene rings is 1. The predicted molar refractivity (Wildman–Crippen MR) is 95.7 cm³/mol. The lowest BCUT2D eigenvalue weighted by Crippen LogP contribution is -2.16. The van der Waals surface area contributed by atoms with Crippen LogP contribution in [0.15, 0.2) is 42.7 Å². The first-order chi connectivity index (χ1) is 14.0. The molecule has 0 amide bonds. The second kappa shape index (κ2) is 7.17. The number of hydrogen-bond acceptors (Lipinski definition) is 2. The molecule has 1 aromatic carbocycles. The van der Waals surface area contributed by atoms with Crippen molar-refractivity contribution >= 4 is 11.3 Å². The highest BCUT2D eigenvalue weighted by molar-refractivity contribution is 5.66. The van der Waals surface area contributed by atoms with Gasteiger partial charge in [-0.3, -0.25) is 0 Å². The van der Waals surface area contributed by atoms with Crippen LogP contribution in [0.5, 0.6) is 0 Å². The van der Waals surface area contributed by atoms with E-state index in [1.54, 1.807) is 12.1 Å². The minimum atomic E-state index is -4.80. The molecule has 1 aliphatic carbocycles. The van der Waals surface area contributed by atoms with Crippen LogP contribution in [-0.2, 0) is 12.6 Å². The normalized spacial score (nSPS) is 19.3. The molecule has 2 aromatic heterocycles. The summed E-state index contributed by atoms with van der Waals surface area (Å²) >= 11 is 0. The van der Waals surface area contributed by atoms with Gasteiger partial charge >= 0.3 is 12.4 Å². The summed E-state index contributed by atoms with van der Waals surface area (Å²) in [5.74, 6) is -0.156. The highest BCUT2D eigenvalue weighted by atomic mass is 19.4. The number of halogens is 7. The van der Waals surface area contributed by atoms with Gasteiger partial charge in [0.05, 0.1) is 17.8 Å². The van der Waals surface area contributed by atoms with Crippen LogP contribution in [0, 0.1) is 11.7 Å². The molecule has 0 saturated heterocycles. The molecule has 2 heterocycles. The van der Waals surface area contributed by atoms with Crippen LogP contribution >= 0.6 is 0 Å². The van der Waals surface area contributed by atoms with Crippen LogP contribution in [0.4, 0.5) is 36.4 Å². The average molecular weight is 431 g/mol. The van der Waals surface area contributed by atoms with Gasteiger partial charge in [-0.15, -0.1) is 0 Å². The highest BCUT2D eigenvalue weighted by Gasteiger charge is 2.41. The van der Waals surface area contributed by atoms with Gasteiger partial charge in [-0.2, -0.15) is 26.3 Å². The summed E-state index contributed by atoms with van der Waals surface area (Å²) in [6, 6.07) is 7.10. The maximum absolute atomic E-state index is 13.7. The lowest BCUT2D eigenvalue weighted by Gasteiger charge is -2.16. The van der Waals surface area contributed by atoms with Crippen molar-refractivity contribution in [3.8, 4) is 0 Å². The Kier molecular flexibility index (Phi) is 4.90. The molecule has 4 rings (SSSR count). The fraction of sp³-hybridized carbons (Fsp3) is 0.350. The molecule has 1 aliphatic rings. The summed E-state index contributed by atoms with van der Waals surface area (Å²) in [4.78, 5) is 3.61. The van der Waals surface area contributed by atoms with Crippen molar-refractivity contribution in [2.45, 2.75) is 31.1 Å². The van der Waals surface area contributed by atoms with E-state index in [0.717, 1.165) is 34.8 Å². The zero-order chi connectivity index (χ0) is 21.7. The number of pyridine rings is 1. The van der Waals surface area contributed by atoms with Crippen molar-refractivity contribution in [1.29, 1.82) is 0 Å². The molecule has 0 bridgehead atoms. The van der Waals surface area contributed by atoms with Crippen LogP contribution in [0.25, 0.3) is 5.65 Å². The van der Waals surface area contributed by atoms with Gasteiger partial charge in [0.15, 0.2) is 5.65 Å². The number of hydrogen-bond donors (Lipinski definition) is 1. The monoisotopic (exact) mass is 431 g/mol. The quantitative estimate of drug-likeness (QED) is 0.517. The summed E-state index contributed by atoms with van der Waals surface area (Å²) in [6.07, 6.45) is -8.02. The van der Waals surface area contributed by atoms with Crippen molar-refractivity contribution in [3.63, 3.8) is 0 Å². The number of imidazole rings is 1. The van der Waals surface area contributed by atoms with E-state index in [4.69, 9.17) is 0 Å². The highest BCUT2D eigenvalue weighted by Crippen LogP contribution is 2.48. The van der Waals surface area contributed by atoms with E-state index in [-0.39, 0.29) is 35.6 Å². The first-order valence-electron chi connectivity index (χ1n) is 9.15. The van der Waals surface area contributed by atoms with Gasteiger partial charge in [0.1, 0.15) is 11.4 Å². The zero-order valence-electron chi connectivity index (χ0n) is 15.4. The number of fused-ring (bicyclic) bond motifs is 1. The van der Waals surface area contributed by atoms with E-state index in [0.29, 0.717) is 0 Å². The lowest BCUT2D eigenvalue weighted by atomic mass is 10.1. The maximum Gasteiger partial charge on any atom is 0.421 e. The Bertz CT molecular complexity index is 1050. The van der Waals surface area contributed by atoms with E-state index in [1.807, 2.05) is 0 Å². The van der Waals surface area contributed by atoms with E-state index in [9.17, 15) is 30.7 Å². The van der Waals surface area contributed by atoms with Crippen LogP contribution in [-0.4, -0.2) is 22.1 Å². The standard InChI is InChI=1S/C20H16F7N3/c21-13-3-1-11(2-4-13)15-7-12(15)9-28-16-5-6-30-14(8-19(22,23)24)10-29-18(30)17(16)20(25,26)27/h1-6,10,12,15,28H,7-9H2/t12-,15-/m1/s1. The molecular weight excluding hydrogens is 415 g/mol. The van der Waals surface area contributed by atoms with E-state index >= 15 is 0 Å². The van der Waals surface area contributed by atoms with Crippen LogP contribution in [0.2, 0.25) is 0 Å². The van der Waals surface area contributed by atoms with Crippen LogP contribution in [0.1, 0.15) is 29.2 Å². The van der Waals surface area contributed by atoms with Gasteiger partial charge < -0.3 is 9.72 Å². The van der Waals surface area contributed by atoms with E-state index < -0.39 is 30.0 Å². The molecule has 30 heavy (non-hydrogen) atoms. The van der Waals surface area contributed by atoms with E-state index in [1.165, 1.54) is 12.1 Å². The summed E-state index contributed by atoms with van der Waals surface area (Å²) in [7, 11) is 0. The van der Waals surface area contributed by atoms with E-state index in [2.05, 4.69) is 10.3 Å². The number of alkyl halides is 6. The van der Waals surface area contributed by atoms with Crippen molar-refractivity contribution < 1.29 is 30.7 Å². The third-order valence-corrected chi connectivity index (χ3v) is 5.20. The Balaban J connectivity index is 1.56. The SMILES string of the molecule is Fc1ccc([C@H]2C[C@@H]2CNc2ccn3c(CC(F)(F)F)cnc3c2C(F)(F)F)cc1. The van der Waals surface area contributed by atoms with Crippen molar-refractivity contribution in [2.75, 3.05) is 11.9 Å². The molecule has 0 radical (unpaired) electrons. The molecule has 1 fully saturated rings. The third-order valence-electron chi connectivity index (χ3n) is 5.20. The van der Waals surface area contributed by atoms with Gasteiger partial charge in [0, 0.05) is 18.9 Å². The molecule has 0 spiro atoms. The van der Waals surface area contributed by atoms with Gasteiger partial charge in [-0.05, 0) is 42.0 Å². The van der Waals surface area contributed by atoms with Gasteiger partial charge in [-0.1, -0.05) is 12.1 Å². The van der Waals surface area contributed by atoms with Gasteiger partial charge in [-0.25, -0.2) is 9.37 Å². The number of nitrogens with zero attached hydrogens (tertiary/aromatic N) is 2. The maximum atomic E-state index is 13.7. The molecule has 160 valence electrons. The second-order valence-electron chi connectivity index (χ2n) is 7.37. The van der Waals surface area contributed by atoms with Gasteiger partial charge in [0.25, 0.3) is 0 Å². The largest absolute Gasteiger partial charge is 0.421 e. The molecule has 0 aliphatic heterocycles. The smallest absolute Gasteiger partial charge is 0.384 e. The topological polar surface area (TPSA) is 29.3 Å². The number of rotatable bonds is 5. The molecule has 1 N–H and O–H groups in total. The fourth-order valence-corrected chi connectivity index (χ4v) is 3.70. The van der Waals surface area contributed by atoms with Crippen LogP contribution < -0.4 is 5.32 Å². The molecule has 1 saturated carbocycles. The van der Waals surface area contributed by atoms with Crippen molar-refractivity contribution in [3.05, 3.63) is 65.4 Å². The summed E-state index contributed by atoms with van der Waals surface area (Å²) in [6.45, 7) is 0.247. The molecule has 10 heteroatoms. The molecule has 3 nitrogen and oxygen atoms in total. The predicted octanol–water partition coefficient (Wildman–Crippen LogP) is 5.81. The van der Waals surface area contributed by atoms with Crippen molar-refractivity contribution in [1.82, 2.24) is 9.38 Å². The molecule has 3 aromatic rings. The van der Waals surface area contributed by atoms with Crippen molar-refractivity contribution in [2.24, 2.45) is 5.92 Å². The summed E-state index contributed by atoms with van der Waals surface area (Å²) < 4.78 is 93.0. The lowest BCUT2D eigenvalue weighted by molar-refractivity contribution is -0.136. The fourth-order valence-electron chi connectivity index (χ4n) is 3.70. The molecule has 0 unspecified atom stereocenters. The first kappa shape index (κ1) is 20.5. The molecule has 2 atom stereocenters. The molecular formula is C20H16F7N3. The Morgan fingerprint density at radius 3 is 2.37 bits per heavy atom. The number of nitrogens with one attached hydrogen (secondary N) is 1. The Hall–Kier alpha value is -2.78. The summed E-state index contributed by atoms with van der Waals surface area (Å²) in [5, 5.41) is 2.77. The van der Waals surface area contributed by atoms with Crippen LogP contribution in [0.3, 0.4) is 0 Å². The Morgan fingerprint density at radius 2 is 1.73 bits per heavy atom. The first-order valence-corrected chi connectivity index (χ1v) is 9.15. The second-order valence-corrected chi connectivity index (χ2v) is 7.37. The third kappa shape index (κ3) is 4.22. The summed E-state index contributed by atoms with van der Waals surface area (Å²) in [5.41, 5.74) is -1.35. The Labute approximate surface area is 166 Å². The average Bonchev–Trinajstić information content (AvgIpc) is 3.31. The van der Waals surface area contributed by atoms with Gasteiger partial charge in [0.2, 0.25) is 0 Å². The minimum absolute atomic E-state index is 0.0771. The Morgan fingerprint density at radius 1 is 1.03 bits per heavy atom.